The molecule has 0 atom stereocenters. The summed E-state index contributed by atoms with van der Waals surface area (Å²) in [4.78, 5) is 0. The summed E-state index contributed by atoms with van der Waals surface area (Å²) in [5.41, 5.74) is 1.36. The van der Waals surface area contributed by atoms with E-state index in [1.54, 1.807) is 18.2 Å². The molecule has 2 rings (SSSR count). The molecule has 3 nitrogen and oxygen atoms in total. The lowest BCUT2D eigenvalue weighted by Gasteiger charge is -2.00. The Kier molecular flexibility index (Phi) is 2.95. The van der Waals surface area contributed by atoms with E-state index in [4.69, 9.17) is 32.8 Å². The van der Waals surface area contributed by atoms with Gasteiger partial charge in [0.15, 0.2) is 5.76 Å². The Bertz CT molecular complexity index is 482. The lowest BCUT2D eigenvalue weighted by Crippen LogP contribution is -1.83. The van der Waals surface area contributed by atoms with Crippen molar-refractivity contribution in [3.05, 3.63) is 40.0 Å². The number of halogens is 2. The summed E-state index contributed by atoms with van der Waals surface area (Å²) in [6.07, 6.45) is 1.47. The average Bonchev–Trinajstić information content (AvgIpc) is 2.70. The standard InChI is InChI=1S/C10H7Cl2NO2/c11-8-2-1-6(3-9(8)12)10-7(5-14)4-13-15-10/h1-4,14H,5H2. The number of hydrogen-bond acceptors (Lipinski definition) is 3. The maximum atomic E-state index is 9.03. The monoisotopic (exact) mass is 243 g/mol. The Hall–Kier alpha value is -1.03. The number of benzene rings is 1. The van der Waals surface area contributed by atoms with Crippen molar-refractivity contribution >= 4 is 23.2 Å². The Morgan fingerprint density at radius 3 is 2.73 bits per heavy atom. The molecule has 2 aromatic rings. The van der Waals surface area contributed by atoms with Gasteiger partial charge in [-0.05, 0) is 18.2 Å². The molecule has 0 fully saturated rings. The Labute approximate surface area is 96.2 Å². The van der Waals surface area contributed by atoms with Crippen LogP contribution in [0.2, 0.25) is 10.0 Å². The smallest absolute Gasteiger partial charge is 0.172 e. The zero-order valence-corrected chi connectivity index (χ0v) is 9.09. The average molecular weight is 244 g/mol. The van der Waals surface area contributed by atoms with Gasteiger partial charge < -0.3 is 9.63 Å². The number of rotatable bonds is 2. The topological polar surface area (TPSA) is 46.3 Å². The second kappa shape index (κ2) is 4.23. The molecule has 1 N–H and O–H groups in total. The fourth-order valence-corrected chi connectivity index (χ4v) is 1.55. The lowest BCUT2D eigenvalue weighted by molar-refractivity contribution is 0.281. The van der Waals surface area contributed by atoms with E-state index in [0.717, 1.165) is 5.56 Å². The summed E-state index contributed by atoms with van der Waals surface area (Å²) in [7, 11) is 0. The van der Waals surface area contributed by atoms with Crippen LogP contribution in [0.1, 0.15) is 5.56 Å². The predicted octanol–water partition coefficient (Wildman–Crippen LogP) is 3.14. The molecule has 5 heteroatoms. The molecule has 0 saturated heterocycles. The number of nitrogens with zero attached hydrogens (tertiary/aromatic N) is 1. The minimum absolute atomic E-state index is 0.126. The first-order valence-corrected chi connectivity index (χ1v) is 4.98. The van der Waals surface area contributed by atoms with Crippen LogP contribution >= 0.6 is 23.2 Å². The SMILES string of the molecule is OCc1cnoc1-c1ccc(Cl)c(Cl)c1. The molecule has 78 valence electrons. The molecule has 0 amide bonds. The summed E-state index contributed by atoms with van der Waals surface area (Å²) in [5.74, 6) is 0.510. The fraction of sp³-hybridized carbons (Fsp3) is 0.100. The van der Waals surface area contributed by atoms with Gasteiger partial charge in [0.2, 0.25) is 0 Å². The molecule has 1 heterocycles. The molecule has 0 spiro atoms. The van der Waals surface area contributed by atoms with Gasteiger partial charge in [-0.25, -0.2) is 0 Å². The van der Waals surface area contributed by atoms with Gasteiger partial charge in [-0.1, -0.05) is 28.4 Å². The second-order valence-electron chi connectivity index (χ2n) is 2.97. The summed E-state index contributed by atoms with van der Waals surface area (Å²) in [5, 5.41) is 13.6. The number of aliphatic hydroxyl groups is 1. The van der Waals surface area contributed by atoms with Crippen molar-refractivity contribution in [1.82, 2.24) is 5.16 Å². The van der Waals surface area contributed by atoms with Gasteiger partial charge in [-0.3, -0.25) is 0 Å². The number of hydrogen-bond donors (Lipinski definition) is 1. The van der Waals surface area contributed by atoms with E-state index in [1.165, 1.54) is 6.20 Å². The van der Waals surface area contributed by atoms with Crippen molar-refractivity contribution < 1.29 is 9.63 Å². The molecule has 0 radical (unpaired) electrons. The lowest BCUT2D eigenvalue weighted by atomic mass is 10.1. The maximum Gasteiger partial charge on any atom is 0.172 e. The van der Waals surface area contributed by atoms with Gasteiger partial charge in [-0.2, -0.15) is 0 Å². The molecule has 0 unspecified atom stereocenters. The normalized spacial score (nSPS) is 10.6. The van der Waals surface area contributed by atoms with Crippen LogP contribution in [-0.4, -0.2) is 10.3 Å². The summed E-state index contributed by atoms with van der Waals surface area (Å²) >= 11 is 11.7. The largest absolute Gasteiger partial charge is 0.391 e. The van der Waals surface area contributed by atoms with E-state index in [2.05, 4.69) is 5.16 Å². The highest BCUT2D eigenvalue weighted by Crippen LogP contribution is 2.30. The second-order valence-corrected chi connectivity index (χ2v) is 3.78. The van der Waals surface area contributed by atoms with Crippen LogP contribution in [0.3, 0.4) is 0 Å². The van der Waals surface area contributed by atoms with Crippen molar-refractivity contribution in [3.63, 3.8) is 0 Å². The van der Waals surface area contributed by atoms with Crippen LogP contribution < -0.4 is 0 Å². The highest BCUT2D eigenvalue weighted by Gasteiger charge is 2.11. The first kappa shape index (κ1) is 10.5. The minimum Gasteiger partial charge on any atom is -0.391 e. The predicted molar refractivity (Wildman–Crippen MR) is 57.9 cm³/mol. The molecule has 0 aliphatic rings. The molecule has 0 aliphatic carbocycles. The van der Waals surface area contributed by atoms with Gasteiger partial charge >= 0.3 is 0 Å². The van der Waals surface area contributed by atoms with Crippen LogP contribution in [-0.2, 0) is 6.61 Å². The van der Waals surface area contributed by atoms with E-state index >= 15 is 0 Å². The molecular formula is C10H7Cl2NO2. The van der Waals surface area contributed by atoms with Crippen LogP contribution in [0, 0.1) is 0 Å². The quantitative estimate of drug-likeness (QED) is 0.882. The highest BCUT2D eigenvalue weighted by atomic mass is 35.5. The van der Waals surface area contributed by atoms with Gasteiger partial charge in [0.1, 0.15) is 0 Å². The van der Waals surface area contributed by atoms with Crippen LogP contribution in [0.25, 0.3) is 11.3 Å². The molecule has 0 bridgehead atoms. The van der Waals surface area contributed by atoms with Crippen LogP contribution in [0.4, 0.5) is 0 Å². The van der Waals surface area contributed by atoms with Crippen LogP contribution in [0.5, 0.6) is 0 Å². The minimum atomic E-state index is -0.126. The van der Waals surface area contributed by atoms with E-state index in [9.17, 15) is 0 Å². The van der Waals surface area contributed by atoms with Crippen molar-refractivity contribution in [2.75, 3.05) is 0 Å². The molecule has 0 saturated carbocycles. The van der Waals surface area contributed by atoms with E-state index < -0.39 is 0 Å². The zero-order valence-electron chi connectivity index (χ0n) is 7.58. The molecule has 1 aromatic heterocycles. The summed E-state index contributed by atoms with van der Waals surface area (Å²) in [6.45, 7) is -0.126. The van der Waals surface area contributed by atoms with E-state index in [1.807, 2.05) is 0 Å². The van der Waals surface area contributed by atoms with Crippen molar-refractivity contribution in [2.45, 2.75) is 6.61 Å². The van der Waals surface area contributed by atoms with Gasteiger partial charge in [0.05, 0.1) is 22.8 Å². The molecule has 1 aromatic carbocycles. The zero-order chi connectivity index (χ0) is 10.8. The molecular weight excluding hydrogens is 237 g/mol. The van der Waals surface area contributed by atoms with Gasteiger partial charge in [-0.15, -0.1) is 0 Å². The Morgan fingerprint density at radius 2 is 2.07 bits per heavy atom. The van der Waals surface area contributed by atoms with E-state index in [0.29, 0.717) is 21.4 Å². The summed E-state index contributed by atoms with van der Waals surface area (Å²) in [6, 6.07) is 5.10. The van der Waals surface area contributed by atoms with E-state index in [-0.39, 0.29) is 6.61 Å². The third kappa shape index (κ3) is 2.00. The first-order chi connectivity index (χ1) is 7.22. The maximum absolute atomic E-state index is 9.03. The third-order valence-electron chi connectivity index (χ3n) is 2.00. The number of aliphatic hydroxyl groups excluding tert-OH is 1. The third-order valence-corrected chi connectivity index (χ3v) is 2.74. The Balaban J connectivity index is 2.50. The number of aromatic nitrogens is 1. The van der Waals surface area contributed by atoms with Crippen LogP contribution in [0.15, 0.2) is 28.9 Å². The Morgan fingerprint density at radius 1 is 1.27 bits per heavy atom. The highest BCUT2D eigenvalue weighted by molar-refractivity contribution is 6.42. The molecule has 0 aliphatic heterocycles. The summed E-state index contributed by atoms with van der Waals surface area (Å²) < 4.78 is 5.02. The van der Waals surface area contributed by atoms with Gasteiger partial charge in [0, 0.05) is 11.1 Å². The molecule has 15 heavy (non-hydrogen) atoms. The van der Waals surface area contributed by atoms with Gasteiger partial charge in [0.25, 0.3) is 0 Å². The fourth-order valence-electron chi connectivity index (χ4n) is 1.25. The van der Waals surface area contributed by atoms with Crippen molar-refractivity contribution in [1.29, 1.82) is 0 Å². The van der Waals surface area contributed by atoms with Crippen molar-refractivity contribution in [3.8, 4) is 11.3 Å². The van der Waals surface area contributed by atoms with Crippen molar-refractivity contribution in [2.24, 2.45) is 0 Å². The first-order valence-electron chi connectivity index (χ1n) is 4.22.